The van der Waals surface area contributed by atoms with Crippen molar-refractivity contribution in [2.75, 3.05) is 26.2 Å². The lowest BCUT2D eigenvalue weighted by Gasteiger charge is -2.41. The Morgan fingerprint density at radius 2 is 1.87 bits per heavy atom. The molecule has 0 aliphatic carbocycles. The molecule has 2 fully saturated rings. The van der Waals surface area contributed by atoms with Crippen molar-refractivity contribution in [3.05, 3.63) is 16.6 Å². The zero-order chi connectivity index (χ0) is 17.0. The van der Waals surface area contributed by atoms with Crippen LogP contribution in [0, 0.1) is 11.8 Å². The van der Waals surface area contributed by atoms with Crippen LogP contribution in [-0.4, -0.2) is 59.2 Å². The van der Waals surface area contributed by atoms with E-state index in [1.54, 1.807) is 5.51 Å². The zero-order valence-electron chi connectivity index (χ0n) is 12.0. The van der Waals surface area contributed by atoms with Crippen LogP contribution in [0.3, 0.4) is 0 Å². The van der Waals surface area contributed by atoms with Crippen LogP contribution in [0.1, 0.15) is 16.9 Å². The van der Waals surface area contributed by atoms with Gasteiger partial charge in [-0.05, 0) is 31.3 Å². The third kappa shape index (κ3) is 4.90. The number of hydrogen-bond acceptors (Lipinski definition) is 5. The largest absolute Gasteiger partial charge is 0.490 e. The number of carbonyl (C=O) groups is 2. The Hall–Kier alpha value is -1.68. The first-order chi connectivity index (χ1) is 10.8. The van der Waals surface area contributed by atoms with Crippen molar-refractivity contribution in [3.63, 3.8) is 0 Å². The maximum absolute atomic E-state index is 12.1. The number of nitrogens with one attached hydrogen (secondary N) is 1. The first kappa shape index (κ1) is 17.7. The SMILES string of the molecule is O=C(O)C(F)(F)F.O=C(c1cscn1)N1CC2CNCC(C2)C1. The second kappa shape index (κ2) is 7.26. The first-order valence-corrected chi connectivity index (χ1v) is 7.90. The number of hydrogen-bond donors (Lipinski definition) is 2. The number of piperidine rings is 2. The number of fused-ring (bicyclic) bond motifs is 2. The Balaban J connectivity index is 0.000000236. The molecule has 3 rings (SSSR count). The highest BCUT2D eigenvalue weighted by Gasteiger charge is 2.38. The fraction of sp³-hybridized carbons (Fsp3) is 0.615. The van der Waals surface area contributed by atoms with E-state index in [9.17, 15) is 18.0 Å². The molecular formula is C13H16F3N3O3S. The molecule has 1 aromatic rings. The van der Waals surface area contributed by atoms with Gasteiger partial charge < -0.3 is 15.3 Å². The summed E-state index contributed by atoms with van der Waals surface area (Å²) in [6.45, 7) is 3.88. The molecule has 0 saturated carbocycles. The Bertz CT molecular complexity index is 538. The van der Waals surface area contributed by atoms with E-state index in [4.69, 9.17) is 9.90 Å². The van der Waals surface area contributed by atoms with E-state index in [0.29, 0.717) is 17.5 Å². The number of nitrogens with zero attached hydrogens (tertiary/aromatic N) is 2. The van der Waals surface area contributed by atoms with E-state index in [0.717, 1.165) is 26.2 Å². The third-order valence-electron chi connectivity index (χ3n) is 3.67. The Morgan fingerprint density at radius 3 is 2.30 bits per heavy atom. The number of rotatable bonds is 1. The van der Waals surface area contributed by atoms with Gasteiger partial charge in [-0.25, -0.2) is 9.78 Å². The lowest BCUT2D eigenvalue weighted by molar-refractivity contribution is -0.192. The maximum Gasteiger partial charge on any atom is 0.490 e. The van der Waals surface area contributed by atoms with E-state index in [1.807, 2.05) is 10.3 Å². The van der Waals surface area contributed by atoms with Crippen molar-refractivity contribution in [3.8, 4) is 0 Å². The van der Waals surface area contributed by atoms with Gasteiger partial charge >= 0.3 is 12.1 Å². The van der Waals surface area contributed by atoms with Gasteiger partial charge in [0, 0.05) is 18.5 Å². The standard InChI is InChI=1S/C11H15N3OS.C2HF3O2/c15-11(10-6-16-7-13-10)14-4-8-1-9(5-14)3-12-2-8;3-2(4,5)1(6)7/h6-9,12H,1-5H2;(H,6,7). The molecule has 2 unspecified atom stereocenters. The van der Waals surface area contributed by atoms with Crippen LogP contribution >= 0.6 is 11.3 Å². The van der Waals surface area contributed by atoms with Crippen molar-refractivity contribution in [1.82, 2.24) is 15.2 Å². The number of amides is 1. The Morgan fingerprint density at radius 1 is 1.30 bits per heavy atom. The number of aliphatic carboxylic acids is 1. The number of carboxylic acids is 1. The van der Waals surface area contributed by atoms with Crippen LogP contribution < -0.4 is 5.32 Å². The molecule has 0 spiro atoms. The lowest BCUT2D eigenvalue weighted by atomic mass is 9.86. The van der Waals surface area contributed by atoms with E-state index >= 15 is 0 Å². The summed E-state index contributed by atoms with van der Waals surface area (Å²) in [6, 6.07) is 0. The predicted octanol–water partition coefficient (Wildman–Crippen LogP) is 1.46. The minimum absolute atomic E-state index is 0.109. The van der Waals surface area contributed by atoms with E-state index in [-0.39, 0.29) is 5.91 Å². The highest BCUT2D eigenvalue weighted by atomic mass is 32.1. The predicted molar refractivity (Wildman–Crippen MR) is 76.2 cm³/mol. The molecule has 2 N–H and O–H groups in total. The highest BCUT2D eigenvalue weighted by molar-refractivity contribution is 7.07. The van der Waals surface area contributed by atoms with Crippen molar-refractivity contribution < 1.29 is 27.9 Å². The summed E-state index contributed by atoms with van der Waals surface area (Å²) in [5.74, 6) is -1.38. The quantitative estimate of drug-likeness (QED) is 0.800. The first-order valence-electron chi connectivity index (χ1n) is 6.95. The highest BCUT2D eigenvalue weighted by Crippen LogP contribution is 2.25. The monoisotopic (exact) mass is 351 g/mol. The molecule has 6 nitrogen and oxygen atoms in total. The van der Waals surface area contributed by atoms with Crippen LogP contribution in [-0.2, 0) is 4.79 Å². The van der Waals surface area contributed by atoms with Crippen LogP contribution in [0.2, 0.25) is 0 Å². The molecule has 2 atom stereocenters. The molecule has 1 aromatic heterocycles. The minimum atomic E-state index is -5.08. The fourth-order valence-electron chi connectivity index (χ4n) is 2.75. The second-order valence-electron chi connectivity index (χ2n) is 5.51. The summed E-state index contributed by atoms with van der Waals surface area (Å²) < 4.78 is 31.7. The molecule has 10 heteroatoms. The summed E-state index contributed by atoms with van der Waals surface area (Å²) in [5.41, 5.74) is 2.33. The van der Waals surface area contributed by atoms with Gasteiger partial charge in [-0.15, -0.1) is 11.3 Å². The number of likely N-dealkylation sites (tertiary alicyclic amines) is 1. The second-order valence-corrected chi connectivity index (χ2v) is 6.23. The number of alkyl halides is 3. The fourth-order valence-corrected chi connectivity index (χ4v) is 3.28. The van der Waals surface area contributed by atoms with Crippen molar-refractivity contribution in [1.29, 1.82) is 0 Å². The van der Waals surface area contributed by atoms with Crippen molar-refractivity contribution in [2.24, 2.45) is 11.8 Å². The van der Waals surface area contributed by atoms with E-state index in [1.165, 1.54) is 17.8 Å². The van der Waals surface area contributed by atoms with E-state index < -0.39 is 12.1 Å². The molecule has 3 heterocycles. The molecule has 2 aliphatic heterocycles. The minimum Gasteiger partial charge on any atom is -0.475 e. The van der Waals surface area contributed by atoms with Gasteiger partial charge in [0.05, 0.1) is 5.51 Å². The summed E-state index contributed by atoms with van der Waals surface area (Å²) >= 11 is 1.48. The number of thiazole rings is 1. The molecule has 2 saturated heterocycles. The molecule has 128 valence electrons. The normalized spacial score (nSPS) is 23.7. The zero-order valence-corrected chi connectivity index (χ0v) is 12.9. The average Bonchev–Trinajstić information content (AvgIpc) is 2.99. The molecule has 2 bridgehead atoms. The molecule has 23 heavy (non-hydrogen) atoms. The van der Waals surface area contributed by atoms with Crippen LogP contribution in [0.25, 0.3) is 0 Å². The number of carboxylic acid groups (broad SMARTS) is 1. The van der Waals surface area contributed by atoms with Gasteiger partial charge in [0.2, 0.25) is 0 Å². The third-order valence-corrected chi connectivity index (χ3v) is 4.26. The Labute approximate surface area is 134 Å². The summed E-state index contributed by atoms with van der Waals surface area (Å²) in [5, 5.41) is 12.4. The average molecular weight is 351 g/mol. The molecular weight excluding hydrogens is 335 g/mol. The molecule has 1 amide bonds. The van der Waals surface area contributed by atoms with Crippen LogP contribution in [0.5, 0.6) is 0 Å². The van der Waals surface area contributed by atoms with Gasteiger partial charge in [0.1, 0.15) is 5.69 Å². The van der Waals surface area contributed by atoms with Gasteiger partial charge in [-0.2, -0.15) is 13.2 Å². The topological polar surface area (TPSA) is 82.5 Å². The van der Waals surface area contributed by atoms with Gasteiger partial charge in [-0.3, -0.25) is 4.79 Å². The molecule has 2 aliphatic rings. The van der Waals surface area contributed by atoms with Gasteiger partial charge in [0.15, 0.2) is 0 Å². The summed E-state index contributed by atoms with van der Waals surface area (Å²) in [4.78, 5) is 27.1. The number of carbonyl (C=O) groups excluding carboxylic acids is 1. The maximum atomic E-state index is 12.1. The molecule has 0 radical (unpaired) electrons. The Kier molecular flexibility index (Phi) is 5.58. The number of aromatic nitrogens is 1. The smallest absolute Gasteiger partial charge is 0.475 e. The van der Waals surface area contributed by atoms with Crippen LogP contribution in [0.15, 0.2) is 10.9 Å². The van der Waals surface area contributed by atoms with Crippen molar-refractivity contribution in [2.45, 2.75) is 12.6 Å². The van der Waals surface area contributed by atoms with Gasteiger partial charge in [0.25, 0.3) is 5.91 Å². The van der Waals surface area contributed by atoms with Crippen molar-refractivity contribution >= 4 is 23.2 Å². The molecule has 0 aromatic carbocycles. The summed E-state index contributed by atoms with van der Waals surface area (Å²) in [7, 11) is 0. The summed E-state index contributed by atoms with van der Waals surface area (Å²) in [6.07, 6.45) is -3.81. The van der Waals surface area contributed by atoms with Gasteiger partial charge in [-0.1, -0.05) is 0 Å². The number of halogens is 3. The lowest BCUT2D eigenvalue weighted by Crippen LogP contribution is -2.52. The van der Waals surface area contributed by atoms with E-state index in [2.05, 4.69) is 10.3 Å². The van der Waals surface area contributed by atoms with Crippen LogP contribution in [0.4, 0.5) is 13.2 Å².